The molecule has 28 heavy (non-hydrogen) atoms. The van der Waals surface area contributed by atoms with Crippen LogP contribution in [0.15, 0.2) is 30.2 Å². The van der Waals surface area contributed by atoms with Gasteiger partial charge in [-0.25, -0.2) is 19.9 Å². The topological polar surface area (TPSA) is 126 Å². The van der Waals surface area contributed by atoms with E-state index in [4.69, 9.17) is 5.73 Å². The fourth-order valence-corrected chi connectivity index (χ4v) is 4.04. The molecular formula is C18H21N7OS2. The van der Waals surface area contributed by atoms with Crippen LogP contribution in [-0.4, -0.2) is 35.7 Å². The molecule has 0 radical (unpaired) electrons. The van der Waals surface area contributed by atoms with Crippen LogP contribution in [0.25, 0.3) is 10.6 Å². The zero-order chi connectivity index (χ0) is 20.3. The fraction of sp³-hybridized carbons (Fsp3) is 0.278. The number of nitrogens with zero attached hydrogens (tertiary/aromatic N) is 4. The van der Waals surface area contributed by atoms with E-state index in [1.165, 1.54) is 23.7 Å². The summed E-state index contributed by atoms with van der Waals surface area (Å²) in [6.45, 7) is 8.48. The van der Waals surface area contributed by atoms with Crippen molar-refractivity contribution < 1.29 is 4.79 Å². The number of rotatable bonds is 3. The third-order valence-electron chi connectivity index (χ3n) is 3.62. The molecular weight excluding hydrogens is 394 g/mol. The van der Waals surface area contributed by atoms with Crippen LogP contribution in [0.2, 0.25) is 0 Å². The minimum Gasteiger partial charge on any atom is -0.375 e. The van der Waals surface area contributed by atoms with Gasteiger partial charge in [0.2, 0.25) is 0 Å². The van der Waals surface area contributed by atoms with Gasteiger partial charge in [0.15, 0.2) is 16.8 Å². The Bertz CT molecular complexity index is 1000. The second kappa shape index (κ2) is 8.03. The quantitative estimate of drug-likeness (QED) is 0.437. The normalized spacial score (nSPS) is 11.1. The Morgan fingerprint density at radius 2 is 1.68 bits per heavy atom. The fourth-order valence-electron chi connectivity index (χ4n) is 2.27. The van der Waals surface area contributed by atoms with Gasteiger partial charge in [0.1, 0.15) is 0 Å². The first-order chi connectivity index (χ1) is 13.3. The number of aromatic amines is 2. The number of nitrogens with two attached hydrogens (primary N) is 1. The van der Waals surface area contributed by atoms with Gasteiger partial charge in [-0.15, -0.1) is 11.3 Å². The SMILES string of the molecule is Cc1nc(N)sc1-c1csc(C(C)(C)C)n1.O=C(c1ncc[nH]1)c1ncc[nH]1. The average molecular weight is 416 g/mol. The summed E-state index contributed by atoms with van der Waals surface area (Å²) >= 11 is 3.20. The molecule has 10 heteroatoms. The maximum Gasteiger partial charge on any atom is 0.263 e. The Balaban J connectivity index is 0.000000167. The van der Waals surface area contributed by atoms with Crippen molar-refractivity contribution >= 4 is 33.6 Å². The number of aromatic nitrogens is 6. The maximum atomic E-state index is 11.4. The second-order valence-electron chi connectivity index (χ2n) is 6.96. The van der Waals surface area contributed by atoms with E-state index in [-0.39, 0.29) is 11.2 Å². The molecule has 0 saturated carbocycles. The van der Waals surface area contributed by atoms with Crippen LogP contribution in [0.4, 0.5) is 5.13 Å². The number of hydrogen-bond donors (Lipinski definition) is 3. The van der Waals surface area contributed by atoms with Crippen molar-refractivity contribution in [2.24, 2.45) is 0 Å². The van der Waals surface area contributed by atoms with E-state index in [1.807, 2.05) is 6.92 Å². The standard InChI is InChI=1S/C11H15N3S2.C7H6N4O/c1-6-8(16-10(12)13-6)7-5-15-9(14-7)11(2,3)4;12-5(6-8-1-2-9-6)7-10-3-4-11-7/h5H,1-4H3,(H2,12,13);1-4H,(H,8,9)(H,10,11). The van der Waals surface area contributed by atoms with Gasteiger partial charge < -0.3 is 15.7 Å². The highest BCUT2D eigenvalue weighted by Gasteiger charge is 2.20. The zero-order valence-corrected chi connectivity index (χ0v) is 17.6. The molecule has 0 bridgehead atoms. The summed E-state index contributed by atoms with van der Waals surface area (Å²) in [7, 11) is 0. The van der Waals surface area contributed by atoms with Gasteiger partial charge in [0, 0.05) is 35.6 Å². The van der Waals surface area contributed by atoms with Crippen LogP contribution in [0, 0.1) is 6.92 Å². The van der Waals surface area contributed by atoms with E-state index in [0.29, 0.717) is 16.8 Å². The smallest absolute Gasteiger partial charge is 0.263 e. The number of aryl methyl sites for hydroxylation is 1. The van der Waals surface area contributed by atoms with Crippen molar-refractivity contribution in [3.05, 3.63) is 52.5 Å². The third kappa shape index (κ3) is 4.52. The third-order valence-corrected chi connectivity index (χ3v) is 5.90. The number of carbonyl (C=O) groups excluding carboxylic acids is 1. The lowest BCUT2D eigenvalue weighted by Crippen LogP contribution is -2.10. The maximum absolute atomic E-state index is 11.4. The number of thiazole rings is 2. The Morgan fingerprint density at radius 3 is 2.07 bits per heavy atom. The van der Waals surface area contributed by atoms with Crippen molar-refractivity contribution in [1.29, 1.82) is 0 Å². The predicted octanol–water partition coefficient (Wildman–Crippen LogP) is 3.82. The highest BCUT2D eigenvalue weighted by atomic mass is 32.1. The lowest BCUT2D eigenvalue weighted by Gasteiger charge is -2.13. The Morgan fingerprint density at radius 1 is 1.07 bits per heavy atom. The first-order valence-electron chi connectivity index (χ1n) is 8.48. The zero-order valence-electron chi connectivity index (χ0n) is 16.0. The highest BCUT2D eigenvalue weighted by Crippen LogP contribution is 2.34. The molecule has 0 unspecified atom stereocenters. The van der Waals surface area contributed by atoms with Gasteiger partial charge in [0.05, 0.1) is 21.3 Å². The van der Waals surface area contributed by atoms with E-state index in [1.54, 1.807) is 23.7 Å². The molecule has 4 aromatic rings. The Hall–Kier alpha value is -2.85. The van der Waals surface area contributed by atoms with Crippen molar-refractivity contribution in [3.8, 4) is 10.6 Å². The summed E-state index contributed by atoms with van der Waals surface area (Å²) in [5.74, 6) is 0.361. The average Bonchev–Trinajstić information content (AvgIpc) is 3.42. The molecule has 0 fully saturated rings. The molecule has 4 heterocycles. The van der Waals surface area contributed by atoms with Crippen LogP contribution in [0.3, 0.4) is 0 Å². The van der Waals surface area contributed by atoms with Crippen LogP contribution in [-0.2, 0) is 5.41 Å². The minimum absolute atomic E-state index is 0.104. The monoisotopic (exact) mass is 415 g/mol. The lowest BCUT2D eigenvalue weighted by atomic mass is 9.98. The first-order valence-corrected chi connectivity index (χ1v) is 10.2. The lowest BCUT2D eigenvalue weighted by molar-refractivity contribution is 0.102. The largest absolute Gasteiger partial charge is 0.375 e. The summed E-state index contributed by atoms with van der Waals surface area (Å²) in [6, 6.07) is 0. The Labute approximate surface area is 170 Å². The van der Waals surface area contributed by atoms with Crippen LogP contribution < -0.4 is 5.73 Å². The molecule has 4 aromatic heterocycles. The molecule has 0 amide bonds. The van der Waals surface area contributed by atoms with Crippen LogP contribution >= 0.6 is 22.7 Å². The summed E-state index contributed by atoms with van der Waals surface area (Å²) < 4.78 is 0. The number of H-pyrrole nitrogens is 2. The van der Waals surface area contributed by atoms with Gasteiger partial charge in [-0.2, -0.15) is 0 Å². The van der Waals surface area contributed by atoms with Gasteiger partial charge in [-0.05, 0) is 6.92 Å². The summed E-state index contributed by atoms with van der Waals surface area (Å²) in [4.78, 5) is 34.4. The molecule has 0 spiro atoms. The predicted molar refractivity (Wildman–Crippen MR) is 112 cm³/mol. The van der Waals surface area contributed by atoms with E-state index >= 15 is 0 Å². The number of imidazole rings is 2. The molecule has 0 aromatic carbocycles. The Kier molecular flexibility index (Phi) is 5.71. The van der Waals surface area contributed by atoms with Crippen molar-refractivity contribution in [3.63, 3.8) is 0 Å². The molecule has 8 nitrogen and oxygen atoms in total. The number of carbonyl (C=O) groups is 1. The summed E-state index contributed by atoms with van der Waals surface area (Å²) in [6.07, 6.45) is 6.23. The number of hydrogen-bond acceptors (Lipinski definition) is 8. The molecule has 146 valence electrons. The first kappa shape index (κ1) is 19.9. The van der Waals surface area contributed by atoms with Gasteiger partial charge >= 0.3 is 0 Å². The molecule has 4 N–H and O–H groups in total. The summed E-state index contributed by atoms with van der Waals surface area (Å²) in [5.41, 5.74) is 7.76. The van der Waals surface area contributed by atoms with E-state index < -0.39 is 0 Å². The molecule has 0 aliphatic carbocycles. The molecule has 0 saturated heterocycles. The second-order valence-corrected chi connectivity index (χ2v) is 8.85. The van der Waals surface area contributed by atoms with Crippen molar-refractivity contribution in [2.45, 2.75) is 33.1 Å². The highest BCUT2D eigenvalue weighted by molar-refractivity contribution is 7.19. The van der Waals surface area contributed by atoms with Crippen LogP contribution in [0.1, 0.15) is 47.9 Å². The summed E-state index contributed by atoms with van der Waals surface area (Å²) in [5, 5.41) is 3.84. The van der Waals surface area contributed by atoms with Crippen molar-refractivity contribution in [1.82, 2.24) is 29.9 Å². The van der Waals surface area contributed by atoms with Crippen LogP contribution in [0.5, 0.6) is 0 Å². The van der Waals surface area contributed by atoms with E-state index in [0.717, 1.165) is 21.3 Å². The van der Waals surface area contributed by atoms with Gasteiger partial charge in [0.25, 0.3) is 5.78 Å². The number of anilines is 1. The van der Waals surface area contributed by atoms with Crippen molar-refractivity contribution in [2.75, 3.05) is 5.73 Å². The molecule has 4 rings (SSSR count). The number of ketones is 1. The number of nitrogen functional groups attached to an aromatic ring is 1. The van der Waals surface area contributed by atoms with Gasteiger partial charge in [-0.1, -0.05) is 32.1 Å². The molecule has 0 atom stereocenters. The minimum atomic E-state index is -0.231. The molecule has 0 aliphatic rings. The molecule has 0 aliphatic heterocycles. The van der Waals surface area contributed by atoms with E-state index in [2.05, 4.69) is 56.1 Å². The number of nitrogens with one attached hydrogen (secondary N) is 2. The van der Waals surface area contributed by atoms with E-state index in [9.17, 15) is 4.79 Å². The van der Waals surface area contributed by atoms with Gasteiger partial charge in [-0.3, -0.25) is 4.79 Å².